The van der Waals surface area contributed by atoms with Crippen LogP contribution < -0.4 is 10.6 Å². The van der Waals surface area contributed by atoms with E-state index in [1.807, 2.05) is 0 Å². The van der Waals surface area contributed by atoms with E-state index in [1.54, 1.807) is 0 Å². The normalized spacial score (nSPS) is 19.4. The largest absolute Gasteiger partial charge is 0.355 e. The number of carbonyl (C=O) groups is 1. The fraction of sp³-hybridized carbons (Fsp3) is 0.923. The van der Waals surface area contributed by atoms with Crippen LogP contribution in [0.3, 0.4) is 0 Å². The Balaban J connectivity index is 2.10. The highest BCUT2D eigenvalue weighted by molar-refractivity contribution is 5.76. The number of likely N-dealkylation sites (N-methyl/N-ethyl adjacent to an activating group) is 1. The van der Waals surface area contributed by atoms with E-state index in [0.29, 0.717) is 12.0 Å². The van der Waals surface area contributed by atoms with E-state index in [1.165, 1.54) is 32.1 Å². The van der Waals surface area contributed by atoms with Crippen LogP contribution in [0.5, 0.6) is 0 Å². The molecule has 0 aliphatic heterocycles. The minimum atomic E-state index is 0.233. The second-order valence-corrected chi connectivity index (χ2v) is 4.97. The first-order valence-electron chi connectivity index (χ1n) is 6.72. The van der Waals surface area contributed by atoms with Gasteiger partial charge in [0, 0.05) is 19.0 Å². The van der Waals surface area contributed by atoms with Crippen LogP contribution in [-0.4, -0.2) is 25.0 Å². The minimum absolute atomic E-state index is 0.233. The van der Waals surface area contributed by atoms with Crippen molar-refractivity contribution >= 4 is 5.91 Å². The Morgan fingerprint density at radius 1 is 1.31 bits per heavy atom. The highest BCUT2D eigenvalue weighted by Crippen LogP contribution is 2.25. The third kappa shape index (κ3) is 5.50. The lowest BCUT2D eigenvalue weighted by atomic mass is 9.87. The quantitative estimate of drug-likeness (QED) is 0.728. The molecule has 16 heavy (non-hydrogen) atoms. The summed E-state index contributed by atoms with van der Waals surface area (Å²) >= 11 is 0. The summed E-state index contributed by atoms with van der Waals surface area (Å²) in [6.45, 7) is 5.89. The van der Waals surface area contributed by atoms with Crippen LogP contribution >= 0.6 is 0 Å². The molecule has 2 N–H and O–H groups in total. The molecule has 0 aromatic rings. The Labute approximate surface area is 99.4 Å². The maximum atomic E-state index is 11.7. The number of rotatable bonds is 6. The van der Waals surface area contributed by atoms with E-state index in [9.17, 15) is 4.79 Å². The summed E-state index contributed by atoms with van der Waals surface area (Å²) in [5.41, 5.74) is 0. The monoisotopic (exact) mass is 226 g/mol. The smallest absolute Gasteiger partial charge is 0.220 e. The van der Waals surface area contributed by atoms with Crippen molar-refractivity contribution < 1.29 is 4.79 Å². The Morgan fingerprint density at radius 3 is 2.62 bits per heavy atom. The van der Waals surface area contributed by atoms with Gasteiger partial charge in [-0.1, -0.05) is 26.2 Å². The van der Waals surface area contributed by atoms with E-state index in [0.717, 1.165) is 19.5 Å². The number of carbonyl (C=O) groups excluding carboxylic acids is 1. The lowest BCUT2D eigenvalue weighted by Crippen LogP contribution is -2.39. The van der Waals surface area contributed by atoms with E-state index >= 15 is 0 Å². The molecule has 0 aromatic carbocycles. The molecule has 1 amide bonds. The predicted molar refractivity (Wildman–Crippen MR) is 67.3 cm³/mol. The van der Waals surface area contributed by atoms with Crippen molar-refractivity contribution in [1.82, 2.24) is 10.6 Å². The number of hydrogen-bond acceptors (Lipinski definition) is 2. The molecule has 0 bridgehead atoms. The number of nitrogens with one attached hydrogen (secondary N) is 2. The van der Waals surface area contributed by atoms with Crippen molar-refractivity contribution in [2.75, 3.05) is 13.1 Å². The Bertz CT molecular complexity index is 200. The first-order chi connectivity index (χ1) is 7.72. The second kappa shape index (κ2) is 7.66. The molecule has 1 rings (SSSR count). The van der Waals surface area contributed by atoms with Gasteiger partial charge in [-0.05, 0) is 32.2 Å². The summed E-state index contributed by atoms with van der Waals surface area (Å²) in [5, 5.41) is 6.30. The Hall–Kier alpha value is -0.570. The molecule has 1 atom stereocenters. The summed E-state index contributed by atoms with van der Waals surface area (Å²) in [6, 6.07) is 0.375. The summed E-state index contributed by atoms with van der Waals surface area (Å²) in [6.07, 6.45) is 7.21. The molecule has 1 aliphatic rings. The van der Waals surface area contributed by atoms with Crippen molar-refractivity contribution in [3.8, 4) is 0 Å². The molecule has 3 nitrogen and oxygen atoms in total. The van der Waals surface area contributed by atoms with Crippen LogP contribution in [0.4, 0.5) is 0 Å². The highest BCUT2D eigenvalue weighted by Gasteiger charge is 2.16. The Morgan fingerprint density at radius 2 is 2.00 bits per heavy atom. The first kappa shape index (κ1) is 13.5. The van der Waals surface area contributed by atoms with Crippen molar-refractivity contribution in [3.63, 3.8) is 0 Å². The van der Waals surface area contributed by atoms with Crippen LogP contribution in [0.25, 0.3) is 0 Å². The van der Waals surface area contributed by atoms with Gasteiger partial charge in [0.25, 0.3) is 0 Å². The van der Waals surface area contributed by atoms with E-state index in [4.69, 9.17) is 0 Å². The van der Waals surface area contributed by atoms with Crippen molar-refractivity contribution in [2.45, 2.75) is 58.4 Å². The van der Waals surface area contributed by atoms with Crippen LogP contribution in [0.15, 0.2) is 0 Å². The fourth-order valence-electron chi connectivity index (χ4n) is 2.41. The van der Waals surface area contributed by atoms with E-state index in [2.05, 4.69) is 24.5 Å². The van der Waals surface area contributed by atoms with Gasteiger partial charge in [-0.3, -0.25) is 4.79 Å². The van der Waals surface area contributed by atoms with Crippen molar-refractivity contribution in [3.05, 3.63) is 0 Å². The van der Waals surface area contributed by atoms with Gasteiger partial charge in [-0.2, -0.15) is 0 Å². The topological polar surface area (TPSA) is 41.1 Å². The van der Waals surface area contributed by atoms with Gasteiger partial charge in [-0.15, -0.1) is 0 Å². The lowest BCUT2D eigenvalue weighted by molar-refractivity contribution is -0.122. The van der Waals surface area contributed by atoms with Crippen LogP contribution in [0, 0.1) is 5.92 Å². The Kier molecular flexibility index (Phi) is 6.46. The fourth-order valence-corrected chi connectivity index (χ4v) is 2.41. The summed E-state index contributed by atoms with van der Waals surface area (Å²) < 4.78 is 0. The van der Waals surface area contributed by atoms with Gasteiger partial charge < -0.3 is 10.6 Å². The molecule has 3 heteroatoms. The minimum Gasteiger partial charge on any atom is -0.355 e. The van der Waals surface area contributed by atoms with Gasteiger partial charge in [0.1, 0.15) is 0 Å². The molecule has 0 aromatic heterocycles. The first-order valence-corrected chi connectivity index (χ1v) is 6.72. The third-order valence-electron chi connectivity index (χ3n) is 3.36. The second-order valence-electron chi connectivity index (χ2n) is 4.97. The van der Waals surface area contributed by atoms with Gasteiger partial charge in [0.2, 0.25) is 5.91 Å². The molecule has 0 spiro atoms. The molecule has 0 unspecified atom stereocenters. The molecule has 0 radical (unpaired) electrons. The van der Waals surface area contributed by atoms with Gasteiger partial charge in [0.15, 0.2) is 0 Å². The average Bonchev–Trinajstić information content (AvgIpc) is 2.28. The third-order valence-corrected chi connectivity index (χ3v) is 3.36. The zero-order chi connectivity index (χ0) is 11.8. The van der Waals surface area contributed by atoms with Gasteiger partial charge >= 0.3 is 0 Å². The van der Waals surface area contributed by atoms with Crippen LogP contribution in [-0.2, 0) is 4.79 Å². The summed E-state index contributed by atoms with van der Waals surface area (Å²) in [4.78, 5) is 11.7. The van der Waals surface area contributed by atoms with E-state index in [-0.39, 0.29) is 5.91 Å². The van der Waals surface area contributed by atoms with Gasteiger partial charge in [0.05, 0.1) is 0 Å². The van der Waals surface area contributed by atoms with Gasteiger partial charge in [-0.25, -0.2) is 0 Å². The van der Waals surface area contributed by atoms with E-state index < -0.39 is 0 Å². The molecule has 0 heterocycles. The molecule has 94 valence electrons. The maximum Gasteiger partial charge on any atom is 0.220 e. The van der Waals surface area contributed by atoms with Crippen molar-refractivity contribution in [1.29, 1.82) is 0 Å². The zero-order valence-corrected chi connectivity index (χ0v) is 10.7. The van der Waals surface area contributed by atoms with Crippen LogP contribution in [0.1, 0.15) is 52.4 Å². The lowest BCUT2D eigenvalue weighted by Gasteiger charge is -2.21. The predicted octanol–water partition coefficient (Wildman–Crippen LogP) is 2.07. The average molecular weight is 226 g/mol. The molecule has 1 fully saturated rings. The zero-order valence-electron chi connectivity index (χ0n) is 10.7. The SMILES string of the molecule is CCN[C@H](C)CNC(=O)CC1CCCCC1. The van der Waals surface area contributed by atoms with Crippen molar-refractivity contribution in [2.24, 2.45) is 5.92 Å². The molecular formula is C13H26N2O. The van der Waals surface area contributed by atoms with Crippen LogP contribution in [0.2, 0.25) is 0 Å². The highest BCUT2D eigenvalue weighted by atomic mass is 16.1. The maximum absolute atomic E-state index is 11.7. The molecular weight excluding hydrogens is 200 g/mol. The molecule has 0 saturated heterocycles. The number of amides is 1. The summed E-state index contributed by atoms with van der Waals surface area (Å²) in [5.74, 6) is 0.875. The standard InChI is InChI=1S/C13H26N2O/c1-3-14-11(2)10-15-13(16)9-12-7-5-4-6-8-12/h11-12,14H,3-10H2,1-2H3,(H,15,16)/t11-/m1/s1. The summed E-state index contributed by atoms with van der Waals surface area (Å²) in [7, 11) is 0. The molecule has 1 saturated carbocycles. The molecule has 1 aliphatic carbocycles. The number of hydrogen-bond donors (Lipinski definition) is 2.